The zero-order valence-corrected chi connectivity index (χ0v) is 18.6. The molecular formula is C23H28N4O3S. The molecule has 0 unspecified atom stereocenters. The Morgan fingerprint density at radius 2 is 2.06 bits per heavy atom. The second-order valence-electron chi connectivity index (χ2n) is 8.73. The van der Waals surface area contributed by atoms with E-state index in [-0.39, 0.29) is 17.9 Å². The molecule has 31 heavy (non-hydrogen) atoms. The van der Waals surface area contributed by atoms with Gasteiger partial charge in [-0.05, 0) is 43.7 Å². The Morgan fingerprint density at radius 1 is 1.26 bits per heavy atom. The minimum atomic E-state index is -0.514. The molecule has 3 heterocycles. The van der Waals surface area contributed by atoms with Gasteiger partial charge in [-0.3, -0.25) is 14.9 Å². The second-order valence-corrected chi connectivity index (χ2v) is 9.79. The van der Waals surface area contributed by atoms with Crippen molar-refractivity contribution in [2.45, 2.75) is 69.4 Å². The molecule has 1 aromatic carbocycles. The largest absolute Gasteiger partial charge is 0.376 e. The van der Waals surface area contributed by atoms with E-state index in [2.05, 4.69) is 15.5 Å². The lowest BCUT2D eigenvalue weighted by Crippen LogP contribution is -2.61. The summed E-state index contributed by atoms with van der Waals surface area (Å²) in [7, 11) is 0. The molecule has 2 fully saturated rings. The standard InChI is InChI=1S/C23H28N4O3S/c1-2-18-25-26-22(31-18)24-20(28)19-16-9-3-4-10-17(16)21(29)27(14-15-8-7-13-30-15)23(19)11-5-6-12-23/h3-4,9-10,15,19H,2,5-8,11-14H2,1H3,(H,24,26,28)/t15-,19-/m1/s1. The van der Waals surface area contributed by atoms with Crippen LogP contribution in [0.25, 0.3) is 0 Å². The molecule has 5 rings (SSSR count). The molecule has 0 radical (unpaired) electrons. The van der Waals surface area contributed by atoms with Gasteiger partial charge in [-0.1, -0.05) is 49.3 Å². The van der Waals surface area contributed by atoms with Crippen LogP contribution in [0.4, 0.5) is 5.13 Å². The van der Waals surface area contributed by atoms with E-state index >= 15 is 0 Å². The molecule has 8 heteroatoms. The average Bonchev–Trinajstić information content (AvgIpc) is 3.54. The first kappa shape index (κ1) is 20.6. The molecule has 1 spiro atoms. The van der Waals surface area contributed by atoms with Crippen LogP contribution in [0.2, 0.25) is 0 Å². The van der Waals surface area contributed by atoms with E-state index in [1.54, 1.807) is 0 Å². The van der Waals surface area contributed by atoms with E-state index in [1.165, 1.54) is 11.3 Å². The van der Waals surface area contributed by atoms with Gasteiger partial charge < -0.3 is 9.64 Å². The van der Waals surface area contributed by atoms with E-state index in [1.807, 2.05) is 36.1 Å². The van der Waals surface area contributed by atoms with Crippen molar-refractivity contribution in [3.05, 3.63) is 40.4 Å². The number of hydrogen-bond acceptors (Lipinski definition) is 6. The summed E-state index contributed by atoms with van der Waals surface area (Å²) in [4.78, 5) is 29.4. The number of anilines is 1. The van der Waals surface area contributed by atoms with Crippen LogP contribution in [0.15, 0.2) is 24.3 Å². The number of aryl methyl sites for hydroxylation is 1. The Bertz CT molecular complexity index is 979. The highest BCUT2D eigenvalue weighted by Crippen LogP contribution is 2.51. The maximum atomic E-state index is 13.7. The number of aromatic nitrogens is 2. The summed E-state index contributed by atoms with van der Waals surface area (Å²) < 4.78 is 5.89. The Hall–Kier alpha value is -2.32. The molecule has 1 aliphatic carbocycles. The van der Waals surface area contributed by atoms with Crippen molar-refractivity contribution in [3.63, 3.8) is 0 Å². The maximum absolute atomic E-state index is 13.7. The highest BCUT2D eigenvalue weighted by atomic mass is 32.1. The average molecular weight is 441 g/mol. The van der Waals surface area contributed by atoms with E-state index in [0.29, 0.717) is 17.2 Å². The van der Waals surface area contributed by atoms with E-state index in [9.17, 15) is 9.59 Å². The summed E-state index contributed by atoms with van der Waals surface area (Å²) in [5.41, 5.74) is 0.945. The number of ether oxygens (including phenoxy) is 1. The van der Waals surface area contributed by atoms with Gasteiger partial charge in [0, 0.05) is 18.7 Å². The number of benzene rings is 1. The summed E-state index contributed by atoms with van der Waals surface area (Å²) in [5.74, 6) is -0.501. The van der Waals surface area contributed by atoms with Crippen LogP contribution in [0.3, 0.4) is 0 Å². The van der Waals surface area contributed by atoms with Crippen molar-refractivity contribution in [1.82, 2.24) is 15.1 Å². The van der Waals surface area contributed by atoms with Gasteiger partial charge in [0.2, 0.25) is 11.0 Å². The molecule has 7 nitrogen and oxygen atoms in total. The zero-order chi connectivity index (χ0) is 21.4. The van der Waals surface area contributed by atoms with Crippen molar-refractivity contribution in [2.24, 2.45) is 0 Å². The summed E-state index contributed by atoms with van der Waals surface area (Å²) in [6.45, 7) is 3.32. The molecule has 1 N–H and O–H groups in total. The third-order valence-electron chi connectivity index (χ3n) is 6.96. The zero-order valence-electron chi connectivity index (χ0n) is 17.8. The van der Waals surface area contributed by atoms with Gasteiger partial charge in [0.05, 0.1) is 17.6 Å². The molecule has 1 aromatic heterocycles. The lowest BCUT2D eigenvalue weighted by atomic mass is 9.71. The normalized spacial score (nSPS) is 24.5. The summed E-state index contributed by atoms with van der Waals surface area (Å²) >= 11 is 1.41. The van der Waals surface area contributed by atoms with Crippen LogP contribution in [0.5, 0.6) is 0 Å². The van der Waals surface area contributed by atoms with Crippen molar-refractivity contribution < 1.29 is 14.3 Å². The Morgan fingerprint density at radius 3 is 2.77 bits per heavy atom. The maximum Gasteiger partial charge on any atom is 0.254 e. The molecular weight excluding hydrogens is 412 g/mol. The Kier molecular flexibility index (Phi) is 5.52. The molecule has 2 aliphatic heterocycles. The first-order valence-corrected chi connectivity index (χ1v) is 12.1. The van der Waals surface area contributed by atoms with E-state index in [0.717, 1.165) is 62.1 Å². The third-order valence-corrected chi connectivity index (χ3v) is 7.95. The van der Waals surface area contributed by atoms with Crippen LogP contribution < -0.4 is 5.32 Å². The second kappa shape index (κ2) is 8.31. The van der Waals surface area contributed by atoms with Crippen molar-refractivity contribution >= 4 is 28.3 Å². The quantitative estimate of drug-likeness (QED) is 0.765. The lowest BCUT2D eigenvalue weighted by Gasteiger charge is -2.50. The first-order valence-electron chi connectivity index (χ1n) is 11.3. The molecule has 2 aromatic rings. The minimum Gasteiger partial charge on any atom is -0.376 e. The molecule has 1 saturated carbocycles. The molecule has 1 saturated heterocycles. The molecule has 0 bridgehead atoms. The van der Waals surface area contributed by atoms with Crippen LogP contribution >= 0.6 is 11.3 Å². The summed E-state index contributed by atoms with van der Waals surface area (Å²) in [5, 5.41) is 12.7. The van der Waals surface area contributed by atoms with Crippen LogP contribution in [-0.4, -0.2) is 51.7 Å². The highest BCUT2D eigenvalue weighted by Gasteiger charge is 2.56. The Labute approximate surface area is 186 Å². The van der Waals surface area contributed by atoms with Crippen molar-refractivity contribution in [2.75, 3.05) is 18.5 Å². The summed E-state index contributed by atoms with van der Waals surface area (Å²) in [6.07, 6.45) is 6.50. The molecule has 3 aliphatic rings. The topological polar surface area (TPSA) is 84.4 Å². The van der Waals surface area contributed by atoms with Crippen molar-refractivity contribution in [3.8, 4) is 0 Å². The van der Waals surface area contributed by atoms with Gasteiger partial charge in [-0.15, -0.1) is 10.2 Å². The number of fused-ring (bicyclic) bond motifs is 1. The SMILES string of the molecule is CCc1nnc(NC(=O)[C@H]2c3ccccc3C(=O)N(C[C@H]3CCCO3)C23CCCC3)s1. The van der Waals surface area contributed by atoms with Gasteiger partial charge in [0.1, 0.15) is 5.01 Å². The fraction of sp³-hybridized carbons (Fsp3) is 0.565. The molecule has 2 amide bonds. The number of hydrogen-bond donors (Lipinski definition) is 1. The predicted molar refractivity (Wildman–Crippen MR) is 118 cm³/mol. The fourth-order valence-corrected chi connectivity index (χ4v) is 6.23. The van der Waals surface area contributed by atoms with Gasteiger partial charge in [-0.25, -0.2) is 0 Å². The lowest BCUT2D eigenvalue weighted by molar-refractivity contribution is -0.121. The Balaban J connectivity index is 1.55. The van der Waals surface area contributed by atoms with Gasteiger partial charge in [-0.2, -0.15) is 0 Å². The van der Waals surface area contributed by atoms with E-state index < -0.39 is 11.5 Å². The monoisotopic (exact) mass is 440 g/mol. The predicted octanol–water partition coefficient (Wildman–Crippen LogP) is 3.77. The van der Waals surface area contributed by atoms with Crippen LogP contribution in [-0.2, 0) is 16.0 Å². The van der Waals surface area contributed by atoms with Gasteiger partial charge in [0.25, 0.3) is 5.91 Å². The number of carbonyl (C=O) groups excluding carboxylic acids is 2. The fourth-order valence-electron chi connectivity index (χ4n) is 5.55. The van der Waals surface area contributed by atoms with Crippen LogP contribution in [0, 0.1) is 0 Å². The number of carbonyl (C=O) groups is 2. The number of amides is 2. The number of nitrogens with zero attached hydrogens (tertiary/aromatic N) is 3. The van der Waals surface area contributed by atoms with Gasteiger partial charge in [0.15, 0.2) is 0 Å². The van der Waals surface area contributed by atoms with E-state index in [4.69, 9.17) is 4.74 Å². The minimum absolute atomic E-state index is 0.0289. The molecule has 164 valence electrons. The summed E-state index contributed by atoms with van der Waals surface area (Å²) in [6, 6.07) is 7.59. The molecule has 2 atom stereocenters. The number of rotatable bonds is 5. The number of nitrogens with one attached hydrogen (secondary N) is 1. The highest BCUT2D eigenvalue weighted by molar-refractivity contribution is 7.15. The van der Waals surface area contributed by atoms with Crippen LogP contribution in [0.1, 0.15) is 72.3 Å². The third kappa shape index (κ3) is 3.55. The van der Waals surface area contributed by atoms with Gasteiger partial charge >= 0.3 is 0 Å². The smallest absolute Gasteiger partial charge is 0.254 e. The first-order chi connectivity index (χ1) is 15.1. The van der Waals surface area contributed by atoms with Crippen molar-refractivity contribution in [1.29, 1.82) is 0 Å².